The van der Waals surface area contributed by atoms with Crippen molar-refractivity contribution in [2.45, 2.75) is 6.54 Å². The summed E-state index contributed by atoms with van der Waals surface area (Å²) in [5, 5.41) is 11.8. The second kappa shape index (κ2) is 3.32. The molecule has 0 bridgehead atoms. The van der Waals surface area contributed by atoms with Crippen LogP contribution in [0.25, 0.3) is 11.0 Å². The van der Waals surface area contributed by atoms with Gasteiger partial charge >= 0.3 is 0 Å². The van der Waals surface area contributed by atoms with Gasteiger partial charge in [-0.2, -0.15) is 0 Å². The average Bonchev–Trinajstić information content (AvgIpc) is 2.60. The maximum absolute atomic E-state index is 13.5. The van der Waals surface area contributed by atoms with Crippen molar-refractivity contribution < 1.29 is 18.5 Å². The lowest BCUT2D eigenvalue weighted by molar-refractivity contribution is 0.158. The Morgan fingerprint density at radius 2 is 2.29 bits per heavy atom. The molecule has 2 N–H and O–H groups in total. The van der Waals surface area contributed by atoms with Gasteiger partial charge in [-0.25, -0.2) is 14.3 Å². The van der Waals surface area contributed by atoms with E-state index in [4.69, 9.17) is 5.21 Å². The number of nitrogens with one attached hydrogen (secondary N) is 1. The number of hydrogen-bond acceptors (Lipinski definition) is 4. The summed E-state index contributed by atoms with van der Waals surface area (Å²) in [7, 11) is 0. The quantitative estimate of drug-likeness (QED) is 0.722. The first-order chi connectivity index (χ1) is 6.74. The van der Waals surface area contributed by atoms with Crippen molar-refractivity contribution in [1.82, 2.24) is 10.6 Å². The van der Waals surface area contributed by atoms with Crippen LogP contribution in [-0.4, -0.2) is 10.4 Å². The van der Waals surface area contributed by atoms with Gasteiger partial charge in [-0.1, -0.05) is 5.16 Å². The van der Waals surface area contributed by atoms with Crippen LogP contribution in [0.5, 0.6) is 0 Å². The number of hydrogen-bond donors (Lipinski definition) is 2. The number of nitrogens with zero attached hydrogens (tertiary/aromatic N) is 1. The molecule has 0 aliphatic carbocycles. The number of rotatable bonds is 2. The molecule has 4 nitrogen and oxygen atoms in total. The van der Waals surface area contributed by atoms with E-state index >= 15 is 0 Å². The maximum atomic E-state index is 13.5. The van der Waals surface area contributed by atoms with Gasteiger partial charge in [-0.05, 0) is 0 Å². The van der Waals surface area contributed by atoms with Crippen molar-refractivity contribution in [2.75, 3.05) is 0 Å². The smallest absolute Gasteiger partial charge is 0.172 e. The van der Waals surface area contributed by atoms with Crippen LogP contribution >= 0.6 is 0 Å². The largest absolute Gasteiger partial charge is 0.356 e. The van der Waals surface area contributed by atoms with Crippen molar-refractivity contribution in [3.05, 3.63) is 29.5 Å². The molecule has 1 aromatic carbocycles. The Bertz CT molecular complexity index is 470. The van der Waals surface area contributed by atoms with Crippen LogP contribution in [0.1, 0.15) is 5.56 Å². The summed E-state index contributed by atoms with van der Waals surface area (Å²) in [5.41, 5.74) is 1.49. The lowest BCUT2D eigenvalue weighted by atomic mass is 10.1. The van der Waals surface area contributed by atoms with Crippen LogP contribution in [0, 0.1) is 11.6 Å². The molecule has 2 rings (SSSR count). The molecule has 0 aliphatic rings. The van der Waals surface area contributed by atoms with Gasteiger partial charge in [0, 0.05) is 11.6 Å². The van der Waals surface area contributed by atoms with Gasteiger partial charge in [-0.3, -0.25) is 0 Å². The van der Waals surface area contributed by atoms with Gasteiger partial charge in [0.15, 0.2) is 5.58 Å². The summed E-state index contributed by atoms with van der Waals surface area (Å²) in [5.74, 6) is -1.56. The fourth-order valence-corrected chi connectivity index (χ4v) is 1.23. The summed E-state index contributed by atoms with van der Waals surface area (Å²) in [6, 6.07) is 1.03. The van der Waals surface area contributed by atoms with Gasteiger partial charge in [-0.15, -0.1) is 0 Å². The monoisotopic (exact) mass is 200 g/mol. The molecule has 0 amide bonds. The van der Waals surface area contributed by atoms with Crippen LogP contribution < -0.4 is 5.48 Å². The van der Waals surface area contributed by atoms with Crippen molar-refractivity contribution in [1.29, 1.82) is 0 Å². The lowest BCUT2D eigenvalue weighted by Crippen LogP contribution is -2.10. The average molecular weight is 200 g/mol. The van der Waals surface area contributed by atoms with E-state index in [1.54, 1.807) is 5.48 Å². The van der Waals surface area contributed by atoms with Crippen molar-refractivity contribution in [3.8, 4) is 0 Å². The van der Waals surface area contributed by atoms with E-state index in [-0.39, 0.29) is 23.1 Å². The van der Waals surface area contributed by atoms with Gasteiger partial charge in [0.05, 0.1) is 18.1 Å². The summed E-state index contributed by atoms with van der Waals surface area (Å²) in [6.45, 7) is -0.307. The third-order valence-corrected chi connectivity index (χ3v) is 1.90. The van der Waals surface area contributed by atoms with E-state index in [2.05, 4.69) is 9.68 Å². The Labute approximate surface area is 77.1 Å². The molecule has 0 radical (unpaired) electrons. The van der Waals surface area contributed by atoms with Crippen molar-refractivity contribution >= 4 is 11.0 Å². The van der Waals surface area contributed by atoms with E-state index in [1.165, 1.54) is 0 Å². The standard InChI is InChI=1S/C8H6F2N2O2/c9-6-1-7-5(3-12-14-7)8(10)4(6)2-11-13/h1,3,11,13H,2H2. The highest BCUT2D eigenvalue weighted by atomic mass is 19.1. The van der Waals surface area contributed by atoms with E-state index in [0.29, 0.717) is 0 Å². The normalized spacial score (nSPS) is 11.1. The topological polar surface area (TPSA) is 58.3 Å². The summed E-state index contributed by atoms with van der Waals surface area (Å²) in [6.07, 6.45) is 1.16. The Balaban J connectivity index is 2.69. The minimum atomic E-state index is -0.784. The molecule has 0 aliphatic heterocycles. The predicted molar refractivity (Wildman–Crippen MR) is 42.6 cm³/mol. The third kappa shape index (κ3) is 1.24. The Hall–Kier alpha value is -1.53. The van der Waals surface area contributed by atoms with E-state index in [0.717, 1.165) is 12.3 Å². The molecular formula is C8H6F2N2O2. The minimum absolute atomic E-state index is 0.0432. The molecule has 0 fully saturated rings. The maximum Gasteiger partial charge on any atom is 0.172 e. The SMILES string of the molecule is ONCc1c(F)cc2oncc2c1F. The highest BCUT2D eigenvalue weighted by Gasteiger charge is 2.15. The first kappa shape index (κ1) is 9.04. The number of fused-ring (bicyclic) bond motifs is 1. The molecule has 14 heavy (non-hydrogen) atoms. The zero-order chi connectivity index (χ0) is 10.1. The molecule has 0 saturated heterocycles. The van der Waals surface area contributed by atoms with Crippen LogP contribution in [-0.2, 0) is 6.54 Å². The van der Waals surface area contributed by atoms with E-state index in [1.807, 2.05) is 0 Å². The fourth-order valence-electron chi connectivity index (χ4n) is 1.23. The Morgan fingerprint density at radius 3 is 3.00 bits per heavy atom. The molecular weight excluding hydrogens is 194 g/mol. The Kier molecular flexibility index (Phi) is 2.14. The summed E-state index contributed by atoms with van der Waals surface area (Å²) >= 11 is 0. The van der Waals surface area contributed by atoms with Crippen LogP contribution in [0.15, 0.2) is 16.8 Å². The van der Waals surface area contributed by atoms with E-state index < -0.39 is 11.6 Å². The molecule has 0 unspecified atom stereocenters. The fraction of sp³-hybridized carbons (Fsp3) is 0.125. The first-order valence-corrected chi connectivity index (χ1v) is 3.82. The molecule has 1 heterocycles. The van der Waals surface area contributed by atoms with Gasteiger partial charge in [0.2, 0.25) is 0 Å². The van der Waals surface area contributed by atoms with Crippen molar-refractivity contribution in [2.24, 2.45) is 0 Å². The Morgan fingerprint density at radius 1 is 1.50 bits per heavy atom. The minimum Gasteiger partial charge on any atom is -0.356 e. The number of aromatic nitrogens is 1. The number of halogens is 2. The van der Waals surface area contributed by atoms with Crippen LogP contribution in [0.2, 0.25) is 0 Å². The third-order valence-electron chi connectivity index (χ3n) is 1.90. The predicted octanol–water partition coefficient (Wildman–Crippen LogP) is 1.58. The number of benzene rings is 1. The van der Waals surface area contributed by atoms with Gasteiger partial charge in [0.25, 0.3) is 0 Å². The molecule has 74 valence electrons. The van der Waals surface area contributed by atoms with Gasteiger partial charge in [0.1, 0.15) is 11.6 Å². The highest BCUT2D eigenvalue weighted by molar-refractivity contribution is 5.77. The molecule has 6 heteroatoms. The first-order valence-electron chi connectivity index (χ1n) is 3.82. The van der Waals surface area contributed by atoms with Crippen LogP contribution in [0.3, 0.4) is 0 Å². The molecule has 1 aromatic heterocycles. The zero-order valence-electron chi connectivity index (χ0n) is 6.92. The summed E-state index contributed by atoms with van der Waals surface area (Å²) in [4.78, 5) is 0. The molecule has 0 atom stereocenters. The van der Waals surface area contributed by atoms with Gasteiger partial charge < -0.3 is 9.73 Å². The van der Waals surface area contributed by atoms with Crippen LogP contribution in [0.4, 0.5) is 8.78 Å². The molecule has 0 saturated carbocycles. The summed E-state index contributed by atoms with van der Waals surface area (Å²) < 4.78 is 31.2. The van der Waals surface area contributed by atoms with E-state index in [9.17, 15) is 8.78 Å². The zero-order valence-corrected chi connectivity index (χ0v) is 6.92. The van der Waals surface area contributed by atoms with Crippen molar-refractivity contribution in [3.63, 3.8) is 0 Å². The molecule has 0 spiro atoms. The molecule has 2 aromatic rings. The highest BCUT2D eigenvalue weighted by Crippen LogP contribution is 2.23. The number of hydroxylamine groups is 1. The second-order valence-corrected chi connectivity index (χ2v) is 2.72. The lowest BCUT2D eigenvalue weighted by Gasteiger charge is -2.02. The second-order valence-electron chi connectivity index (χ2n) is 2.72.